The van der Waals surface area contributed by atoms with E-state index in [1.165, 1.54) is 18.3 Å². The number of carbonyl (C=O) groups excluding carboxylic acids is 1. The number of aryl methyl sites for hydroxylation is 1. The number of ether oxygens (including phenoxy) is 1. The Balaban J connectivity index is 2.02. The lowest BCUT2D eigenvalue weighted by molar-refractivity contribution is -0.390. The quantitative estimate of drug-likeness (QED) is 0.676. The number of benzene rings is 1. The molecule has 0 aliphatic heterocycles. The van der Waals surface area contributed by atoms with Gasteiger partial charge in [-0.05, 0) is 53.1 Å². The molecule has 0 saturated heterocycles. The van der Waals surface area contributed by atoms with Gasteiger partial charge in [0.05, 0.1) is 0 Å². The molecule has 0 bridgehead atoms. The van der Waals surface area contributed by atoms with E-state index in [4.69, 9.17) is 4.74 Å². The van der Waals surface area contributed by atoms with Gasteiger partial charge in [0.2, 0.25) is 5.75 Å². The summed E-state index contributed by atoms with van der Waals surface area (Å²) >= 11 is 0. The minimum absolute atomic E-state index is 0.0383. The van der Waals surface area contributed by atoms with Crippen LogP contribution in [-0.2, 0) is 4.79 Å². The minimum Gasteiger partial charge on any atom is -0.476 e. The van der Waals surface area contributed by atoms with Gasteiger partial charge in [-0.1, -0.05) is 12.1 Å². The summed E-state index contributed by atoms with van der Waals surface area (Å²) in [5.74, 6) is -0.850. The molecular weight excluding hydrogens is 286 g/mol. The second-order valence-corrected chi connectivity index (χ2v) is 4.67. The molecule has 1 heterocycles. The molecule has 1 aromatic carbocycles. The molecule has 0 spiro atoms. The van der Waals surface area contributed by atoms with Crippen LogP contribution in [0, 0.1) is 24.0 Å². The summed E-state index contributed by atoms with van der Waals surface area (Å²) in [6.45, 7) is 3.51. The van der Waals surface area contributed by atoms with E-state index in [1.54, 1.807) is 6.07 Å². The van der Waals surface area contributed by atoms with Gasteiger partial charge in [-0.3, -0.25) is 4.79 Å². The van der Waals surface area contributed by atoms with Crippen LogP contribution in [0.1, 0.15) is 11.1 Å². The molecule has 0 saturated carbocycles. The van der Waals surface area contributed by atoms with Crippen molar-refractivity contribution in [1.82, 2.24) is 4.98 Å². The number of pyridine rings is 1. The Kier molecular flexibility index (Phi) is 4.67. The zero-order chi connectivity index (χ0) is 16.1. The van der Waals surface area contributed by atoms with Crippen molar-refractivity contribution in [1.29, 1.82) is 0 Å². The number of hydrogen-bond donors (Lipinski definition) is 1. The molecule has 0 aliphatic rings. The molecule has 0 aliphatic carbocycles. The van der Waals surface area contributed by atoms with Crippen LogP contribution in [0.15, 0.2) is 36.5 Å². The lowest BCUT2D eigenvalue weighted by Crippen LogP contribution is -2.21. The van der Waals surface area contributed by atoms with Gasteiger partial charge in [0.1, 0.15) is 6.20 Å². The summed E-state index contributed by atoms with van der Waals surface area (Å²) in [5, 5.41) is 13.5. The lowest BCUT2D eigenvalue weighted by atomic mass is 10.1. The van der Waals surface area contributed by atoms with E-state index in [-0.39, 0.29) is 12.4 Å². The summed E-state index contributed by atoms with van der Waals surface area (Å²) in [4.78, 5) is 25.7. The third-order valence-electron chi connectivity index (χ3n) is 3.16. The van der Waals surface area contributed by atoms with Gasteiger partial charge in [-0.2, -0.15) is 0 Å². The zero-order valence-electron chi connectivity index (χ0n) is 12.2. The number of nitro groups is 1. The SMILES string of the molecule is Cc1cccc(NC(=O)COc2cccnc2[N+](=O)[O-])c1C. The molecule has 7 heteroatoms. The molecule has 2 rings (SSSR count). The van der Waals surface area contributed by atoms with Gasteiger partial charge in [0, 0.05) is 5.69 Å². The summed E-state index contributed by atoms with van der Waals surface area (Å²) in [5.41, 5.74) is 2.71. The molecule has 1 amide bonds. The van der Waals surface area contributed by atoms with E-state index in [9.17, 15) is 14.9 Å². The van der Waals surface area contributed by atoms with Crippen molar-refractivity contribution in [3.8, 4) is 5.75 Å². The third kappa shape index (κ3) is 3.57. The molecular formula is C15H15N3O4. The smallest absolute Gasteiger partial charge is 0.406 e. The Bertz CT molecular complexity index is 716. The molecule has 0 unspecified atom stereocenters. The number of nitrogens with zero attached hydrogens (tertiary/aromatic N) is 2. The fraction of sp³-hybridized carbons (Fsp3) is 0.200. The predicted molar refractivity (Wildman–Crippen MR) is 80.9 cm³/mol. The third-order valence-corrected chi connectivity index (χ3v) is 3.16. The number of carbonyl (C=O) groups is 1. The predicted octanol–water partition coefficient (Wildman–Crippen LogP) is 2.62. The normalized spacial score (nSPS) is 10.1. The molecule has 114 valence electrons. The molecule has 0 fully saturated rings. The summed E-state index contributed by atoms with van der Waals surface area (Å²) in [6, 6.07) is 8.47. The Hall–Kier alpha value is -2.96. The van der Waals surface area contributed by atoms with E-state index < -0.39 is 16.6 Å². The van der Waals surface area contributed by atoms with Gasteiger partial charge in [-0.25, -0.2) is 0 Å². The largest absolute Gasteiger partial charge is 0.476 e. The van der Waals surface area contributed by atoms with Crippen LogP contribution in [0.25, 0.3) is 0 Å². The first-order valence-corrected chi connectivity index (χ1v) is 6.57. The van der Waals surface area contributed by atoms with Crippen molar-refractivity contribution in [3.63, 3.8) is 0 Å². The standard InChI is InChI=1S/C15H15N3O4/c1-10-5-3-6-12(11(10)2)17-14(19)9-22-13-7-4-8-16-15(13)18(20)21/h3-8H,9H2,1-2H3,(H,17,19). The van der Waals surface area contributed by atoms with E-state index in [1.807, 2.05) is 26.0 Å². The topological polar surface area (TPSA) is 94.4 Å². The average Bonchev–Trinajstić information content (AvgIpc) is 2.50. The second kappa shape index (κ2) is 6.66. The fourth-order valence-corrected chi connectivity index (χ4v) is 1.85. The van der Waals surface area contributed by atoms with Gasteiger partial charge < -0.3 is 20.2 Å². The first kappa shape index (κ1) is 15.4. The Morgan fingerprint density at radius 2 is 2.09 bits per heavy atom. The number of nitrogens with one attached hydrogen (secondary N) is 1. The maximum absolute atomic E-state index is 11.9. The number of rotatable bonds is 5. The van der Waals surface area contributed by atoms with Crippen LogP contribution in [0.2, 0.25) is 0 Å². The minimum atomic E-state index is -0.655. The van der Waals surface area contributed by atoms with Gasteiger partial charge in [0.15, 0.2) is 6.61 Å². The number of anilines is 1. The van der Waals surface area contributed by atoms with Crippen LogP contribution >= 0.6 is 0 Å². The van der Waals surface area contributed by atoms with Crippen LogP contribution in [0.4, 0.5) is 11.5 Å². The van der Waals surface area contributed by atoms with Crippen LogP contribution in [0.5, 0.6) is 5.75 Å². The highest BCUT2D eigenvalue weighted by atomic mass is 16.6. The molecule has 7 nitrogen and oxygen atoms in total. The number of aromatic nitrogens is 1. The van der Waals surface area contributed by atoms with Crippen molar-refractivity contribution >= 4 is 17.4 Å². The van der Waals surface area contributed by atoms with Gasteiger partial charge in [0.25, 0.3) is 5.91 Å². The second-order valence-electron chi connectivity index (χ2n) is 4.67. The first-order chi connectivity index (χ1) is 10.5. The first-order valence-electron chi connectivity index (χ1n) is 6.57. The number of hydrogen-bond acceptors (Lipinski definition) is 5. The molecule has 2 aromatic rings. The Morgan fingerprint density at radius 1 is 1.32 bits per heavy atom. The van der Waals surface area contributed by atoms with Crippen LogP contribution < -0.4 is 10.1 Å². The van der Waals surface area contributed by atoms with Gasteiger partial charge >= 0.3 is 5.82 Å². The Morgan fingerprint density at radius 3 is 2.82 bits per heavy atom. The monoisotopic (exact) mass is 301 g/mol. The summed E-state index contributed by atoms with van der Waals surface area (Å²) in [7, 11) is 0. The van der Waals surface area contributed by atoms with E-state index in [2.05, 4.69) is 10.3 Å². The molecule has 0 radical (unpaired) electrons. The van der Waals surface area contributed by atoms with E-state index in [0.717, 1.165) is 11.1 Å². The summed E-state index contributed by atoms with van der Waals surface area (Å²) in [6.07, 6.45) is 1.29. The lowest BCUT2D eigenvalue weighted by Gasteiger charge is -2.11. The maximum atomic E-state index is 11.9. The van der Waals surface area contributed by atoms with E-state index >= 15 is 0 Å². The molecule has 1 N–H and O–H groups in total. The highest BCUT2D eigenvalue weighted by Crippen LogP contribution is 2.23. The summed E-state index contributed by atoms with van der Waals surface area (Å²) < 4.78 is 5.19. The fourth-order valence-electron chi connectivity index (χ4n) is 1.85. The van der Waals surface area contributed by atoms with Gasteiger partial charge in [-0.15, -0.1) is 0 Å². The van der Waals surface area contributed by atoms with Crippen molar-refractivity contribution in [3.05, 3.63) is 57.8 Å². The zero-order valence-corrected chi connectivity index (χ0v) is 12.2. The highest BCUT2D eigenvalue weighted by molar-refractivity contribution is 5.92. The molecule has 1 aromatic heterocycles. The van der Waals surface area contributed by atoms with Crippen LogP contribution in [-0.4, -0.2) is 22.4 Å². The maximum Gasteiger partial charge on any atom is 0.406 e. The van der Waals surface area contributed by atoms with Crippen molar-refractivity contribution < 1.29 is 14.5 Å². The van der Waals surface area contributed by atoms with Crippen molar-refractivity contribution in [2.24, 2.45) is 0 Å². The molecule has 22 heavy (non-hydrogen) atoms. The number of amides is 1. The highest BCUT2D eigenvalue weighted by Gasteiger charge is 2.16. The van der Waals surface area contributed by atoms with Crippen molar-refractivity contribution in [2.75, 3.05) is 11.9 Å². The molecule has 0 atom stereocenters. The Labute approximate surface area is 127 Å². The van der Waals surface area contributed by atoms with Crippen LogP contribution in [0.3, 0.4) is 0 Å². The average molecular weight is 301 g/mol. The van der Waals surface area contributed by atoms with Crippen molar-refractivity contribution in [2.45, 2.75) is 13.8 Å². The van der Waals surface area contributed by atoms with E-state index in [0.29, 0.717) is 5.69 Å².